The lowest BCUT2D eigenvalue weighted by Gasteiger charge is -2.25. The fraction of sp³-hybridized carbons (Fsp3) is 0.533. The molecule has 4 nitrogen and oxygen atoms in total. The van der Waals surface area contributed by atoms with E-state index in [1.165, 1.54) is 13.2 Å². The van der Waals surface area contributed by atoms with Gasteiger partial charge in [0.1, 0.15) is 11.6 Å². The second-order valence-electron chi connectivity index (χ2n) is 5.09. The van der Waals surface area contributed by atoms with Gasteiger partial charge in [-0.2, -0.15) is 0 Å². The second kappa shape index (κ2) is 8.20. The van der Waals surface area contributed by atoms with E-state index in [4.69, 9.17) is 4.74 Å². The standard InChI is InChI=1S/C15H21FN2O2.ClH/c1-10(14-11(16)6-5-8-13(14)20-2)18-15(19)12-7-3-4-9-17-12;/h5-6,8,10,12,17H,3-4,7,9H2,1-2H3,(H,18,19);1H. The molecule has 1 saturated heterocycles. The molecular weight excluding hydrogens is 295 g/mol. The first-order valence-corrected chi connectivity index (χ1v) is 6.99. The highest BCUT2D eigenvalue weighted by molar-refractivity contribution is 5.85. The smallest absolute Gasteiger partial charge is 0.237 e. The predicted molar refractivity (Wildman–Crippen MR) is 82.4 cm³/mol. The van der Waals surface area contributed by atoms with Crippen LogP contribution in [0.4, 0.5) is 4.39 Å². The van der Waals surface area contributed by atoms with Crippen molar-refractivity contribution in [2.75, 3.05) is 13.7 Å². The SMILES string of the molecule is COc1cccc(F)c1C(C)NC(=O)C1CCCCN1.Cl. The number of carbonyl (C=O) groups excluding carboxylic acids is 1. The average molecular weight is 317 g/mol. The Morgan fingerprint density at radius 2 is 2.24 bits per heavy atom. The summed E-state index contributed by atoms with van der Waals surface area (Å²) in [6.07, 6.45) is 2.97. The lowest BCUT2D eigenvalue weighted by molar-refractivity contribution is -0.124. The Labute approximate surface area is 130 Å². The van der Waals surface area contributed by atoms with E-state index >= 15 is 0 Å². The van der Waals surface area contributed by atoms with Crippen molar-refractivity contribution in [2.45, 2.75) is 38.3 Å². The van der Waals surface area contributed by atoms with Crippen LogP contribution in [0.3, 0.4) is 0 Å². The number of carbonyl (C=O) groups is 1. The minimum Gasteiger partial charge on any atom is -0.496 e. The highest BCUT2D eigenvalue weighted by Gasteiger charge is 2.24. The minimum atomic E-state index is -0.428. The first kappa shape index (κ1) is 17.7. The van der Waals surface area contributed by atoms with Crippen molar-refractivity contribution in [1.29, 1.82) is 0 Å². The molecule has 6 heteroatoms. The van der Waals surface area contributed by atoms with Gasteiger partial charge < -0.3 is 15.4 Å². The van der Waals surface area contributed by atoms with Gasteiger partial charge in [0.2, 0.25) is 5.91 Å². The van der Waals surface area contributed by atoms with Crippen LogP contribution in [0.5, 0.6) is 5.75 Å². The Morgan fingerprint density at radius 1 is 1.48 bits per heavy atom. The molecule has 0 saturated carbocycles. The van der Waals surface area contributed by atoms with Crippen LogP contribution in [0.25, 0.3) is 0 Å². The average Bonchev–Trinajstić information content (AvgIpc) is 2.47. The molecular formula is C15H22ClFN2O2. The monoisotopic (exact) mass is 316 g/mol. The van der Waals surface area contributed by atoms with Crippen LogP contribution in [0.1, 0.15) is 37.8 Å². The summed E-state index contributed by atoms with van der Waals surface area (Å²) in [7, 11) is 1.50. The third kappa shape index (κ3) is 4.32. The van der Waals surface area contributed by atoms with E-state index < -0.39 is 6.04 Å². The first-order valence-electron chi connectivity index (χ1n) is 6.99. The number of methoxy groups -OCH3 is 1. The molecule has 2 atom stereocenters. The van der Waals surface area contributed by atoms with Gasteiger partial charge in [-0.25, -0.2) is 4.39 Å². The van der Waals surface area contributed by atoms with Crippen LogP contribution in [-0.2, 0) is 4.79 Å². The van der Waals surface area contributed by atoms with Crippen LogP contribution >= 0.6 is 12.4 Å². The largest absolute Gasteiger partial charge is 0.496 e. The van der Waals surface area contributed by atoms with Gasteiger partial charge in [0.05, 0.1) is 24.8 Å². The Kier molecular flexibility index (Phi) is 6.92. The topological polar surface area (TPSA) is 50.4 Å². The van der Waals surface area contributed by atoms with Crippen molar-refractivity contribution in [3.63, 3.8) is 0 Å². The van der Waals surface area contributed by atoms with Gasteiger partial charge in [-0.3, -0.25) is 4.79 Å². The van der Waals surface area contributed by atoms with Gasteiger partial charge in [-0.05, 0) is 38.4 Å². The number of hydrogen-bond donors (Lipinski definition) is 2. The lowest BCUT2D eigenvalue weighted by Crippen LogP contribution is -2.47. The summed E-state index contributed by atoms with van der Waals surface area (Å²) in [4.78, 5) is 12.2. The normalized spacial score (nSPS) is 19.3. The van der Waals surface area contributed by atoms with Crippen molar-refractivity contribution < 1.29 is 13.9 Å². The number of halogens is 2. The van der Waals surface area contributed by atoms with Gasteiger partial charge in [-0.1, -0.05) is 12.5 Å². The molecule has 118 valence electrons. The fourth-order valence-electron chi connectivity index (χ4n) is 2.58. The van der Waals surface area contributed by atoms with E-state index in [1.54, 1.807) is 19.1 Å². The highest BCUT2D eigenvalue weighted by atomic mass is 35.5. The summed E-state index contributed by atoms with van der Waals surface area (Å²) >= 11 is 0. The summed E-state index contributed by atoms with van der Waals surface area (Å²) in [5, 5.41) is 6.04. The third-order valence-corrected chi connectivity index (χ3v) is 3.65. The molecule has 0 aliphatic carbocycles. The Bertz CT molecular complexity index is 479. The van der Waals surface area contributed by atoms with E-state index in [0.717, 1.165) is 25.8 Å². The van der Waals surface area contributed by atoms with Crippen LogP contribution in [-0.4, -0.2) is 25.6 Å². The van der Waals surface area contributed by atoms with E-state index in [0.29, 0.717) is 11.3 Å². The van der Waals surface area contributed by atoms with Crippen molar-refractivity contribution in [2.24, 2.45) is 0 Å². The molecule has 1 aromatic carbocycles. The summed E-state index contributed by atoms with van der Waals surface area (Å²) in [6, 6.07) is 4.06. The zero-order valence-electron chi connectivity index (χ0n) is 12.3. The number of nitrogens with one attached hydrogen (secondary N) is 2. The van der Waals surface area contributed by atoms with Gasteiger partial charge in [-0.15, -0.1) is 12.4 Å². The predicted octanol–water partition coefficient (Wildman–Crippen LogP) is 2.58. The maximum Gasteiger partial charge on any atom is 0.237 e. The number of rotatable bonds is 4. The Balaban J connectivity index is 0.00000220. The quantitative estimate of drug-likeness (QED) is 0.897. The molecule has 0 radical (unpaired) electrons. The third-order valence-electron chi connectivity index (χ3n) is 3.65. The van der Waals surface area contributed by atoms with Crippen LogP contribution in [0, 0.1) is 5.82 Å². The maximum atomic E-state index is 13.9. The molecule has 2 N–H and O–H groups in total. The minimum absolute atomic E-state index is 0. The van der Waals surface area contributed by atoms with Crippen molar-refractivity contribution in [1.82, 2.24) is 10.6 Å². The van der Waals surface area contributed by atoms with Crippen LogP contribution in [0.15, 0.2) is 18.2 Å². The summed E-state index contributed by atoms with van der Waals surface area (Å²) in [5.41, 5.74) is 0.388. The summed E-state index contributed by atoms with van der Waals surface area (Å²) in [5.74, 6) is 0.00524. The van der Waals surface area contributed by atoms with Gasteiger partial charge in [0.25, 0.3) is 0 Å². The number of piperidine rings is 1. The fourth-order valence-corrected chi connectivity index (χ4v) is 2.58. The van der Waals surface area contributed by atoms with Crippen molar-refractivity contribution in [3.8, 4) is 5.75 Å². The molecule has 2 unspecified atom stereocenters. The molecule has 1 heterocycles. The molecule has 0 spiro atoms. The van der Waals surface area contributed by atoms with E-state index in [2.05, 4.69) is 10.6 Å². The zero-order chi connectivity index (χ0) is 14.5. The van der Waals surface area contributed by atoms with Gasteiger partial charge >= 0.3 is 0 Å². The maximum absolute atomic E-state index is 13.9. The number of benzene rings is 1. The van der Waals surface area contributed by atoms with Crippen LogP contribution < -0.4 is 15.4 Å². The molecule has 0 bridgehead atoms. The molecule has 0 aromatic heterocycles. The van der Waals surface area contributed by atoms with Crippen molar-refractivity contribution in [3.05, 3.63) is 29.6 Å². The molecule has 1 aliphatic heterocycles. The first-order chi connectivity index (χ1) is 9.63. The Morgan fingerprint density at radius 3 is 2.86 bits per heavy atom. The van der Waals surface area contributed by atoms with Crippen molar-refractivity contribution >= 4 is 18.3 Å². The molecule has 1 fully saturated rings. The second-order valence-corrected chi connectivity index (χ2v) is 5.09. The molecule has 2 rings (SSSR count). The molecule has 1 aliphatic rings. The summed E-state index contributed by atoms with van der Waals surface area (Å²) in [6.45, 7) is 2.62. The molecule has 1 aromatic rings. The number of hydrogen-bond acceptors (Lipinski definition) is 3. The zero-order valence-corrected chi connectivity index (χ0v) is 13.1. The van der Waals surface area contributed by atoms with E-state index in [9.17, 15) is 9.18 Å². The lowest BCUT2D eigenvalue weighted by atomic mass is 10.0. The summed E-state index contributed by atoms with van der Waals surface area (Å²) < 4.78 is 19.1. The van der Waals surface area contributed by atoms with Gasteiger partial charge in [0, 0.05) is 0 Å². The van der Waals surface area contributed by atoms with E-state index in [1.807, 2.05) is 0 Å². The van der Waals surface area contributed by atoms with Crippen LogP contribution in [0.2, 0.25) is 0 Å². The Hall–Kier alpha value is -1.33. The highest BCUT2D eigenvalue weighted by Crippen LogP contribution is 2.27. The van der Waals surface area contributed by atoms with Gasteiger partial charge in [0.15, 0.2) is 0 Å². The number of ether oxygens (including phenoxy) is 1. The van der Waals surface area contributed by atoms with E-state index in [-0.39, 0.29) is 30.2 Å². The molecule has 1 amide bonds. The number of amides is 1. The molecule has 21 heavy (non-hydrogen) atoms.